The zero-order valence-electron chi connectivity index (χ0n) is 22.0. The van der Waals surface area contributed by atoms with Crippen LogP contribution in [0, 0.1) is 6.92 Å². The number of ether oxygens (including phenoxy) is 1. The Balaban J connectivity index is 1.16. The molecular formula is C29H30N8O2. The highest BCUT2D eigenvalue weighted by Gasteiger charge is 2.14. The number of nitrogens with zero attached hydrogens (tertiary/aromatic N) is 6. The summed E-state index contributed by atoms with van der Waals surface area (Å²) in [5, 5.41) is 15.2. The second-order valence-electron chi connectivity index (χ2n) is 9.72. The number of carbonyl (C=O) groups is 1. The standard InChI is InChI=1S/C29H30N8O2/c1-20-5-6-21(18-36-12-14-39-15-13-36)16-25(20)32-28(38)22-7-9-24(10-8-22)31-29-33-27(23-17-30-35(2)19-23)26-4-3-11-37(26)34-29/h3-11,16-17,19H,12-15,18H2,1-2H3,(H,31,34)(H,32,38). The van der Waals surface area contributed by atoms with Crippen molar-refractivity contribution in [2.24, 2.45) is 7.05 Å². The molecule has 1 aliphatic heterocycles. The first-order valence-corrected chi connectivity index (χ1v) is 12.9. The van der Waals surface area contributed by atoms with E-state index in [4.69, 9.17) is 9.72 Å². The molecule has 0 bridgehead atoms. The van der Waals surface area contributed by atoms with Crippen LogP contribution in [0.5, 0.6) is 0 Å². The van der Waals surface area contributed by atoms with Crippen LogP contribution in [0.25, 0.3) is 16.8 Å². The van der Waals surface area contributed by atoms with Gasteiger partial charge >= 0.3 is 0 Å². The van der Waals surface area contributed by atoms with Gasteiger partial charge < -0.3 is 15.4 Å². The molecule has 0 radical (unpaired) electrons. The minimum atomic E-state index is -0.156. The number of nitrogens with one attached hydrogen (secondary N) is 2. The van der Waals surface area contributed by atoms with E-state index in [-0.39, 0.29) is 5.91 Å². The fraction of sp³-hybridized carbons (Fsp3) is 0.241. The van der Waals surface area contributed by atoms with Crippen molar-refractivity contribution < 1.29 is 9.53 Å². The Morgan fingerprint density at radius 3 is 2.67 bits per heavy atom. The SMILES string of the molecule is Cc1ccc(CN2CCOCC2)cc1NC(=O)c1ccc(Nc2nc(-c3cnn(C)c3)c3cccn3n2)cc1. The van der Waals surface area contributed by atoms with Gasteiger partial charge in [0.25, 0.3) is 5.91 Å². The van der Waals surface area contributed by atoms with Crippen LogP contribution in [0.2, 0.25) is 0 Å². The molecule has 4 heterocycles. The smallest absolute Gasteiger partial charge is 0.255 e. The van der Waals surface area contributed by atoms with Crippen molar-refractivity contribution in [3.8, 4) is 11.3 Å². The monoisotopic (exact) mass is 522 g/mol. The fourth-order valence-corrected chi connectivity index (χ4v) is 4.69. The second kappa shape index (κ2) is 10.7. The van der Waals surface area contributed by atoms with Crippen molar-refractivity contribution in [2.75, 3.05) is 36.9 Å². The zero-order chi connectivity index (χ0) is 26.8. The molecule has 1 aliphatic rings. The first-order chi connectivity index (χ1) is 19.0. The number of amides is 1. The van der Waals surface area contributed by atoms with Gasteiger partial charge in [0.2, 0.25) is 5.95 Å². The Kier molecular flexibility index (Phi) is 6.78. The van der Waals surface area contributed by atoms with Crippen LogP contribution < -0.4 is 10.6 Å². The van der Waals surface area contributed by atoms with Gasteiger partial charge in [-0.15, -0.1) is 5.10 Å². The van der Waals surface area contributed by atoms with Crippen molar-refractivity contribution >= 4 is 28.7 Å². The van der Waals surface area contributed by atoms with E-state index in [1.54, 1.807) is 27.5 Å². The molecule has 0 unspecified atom stereocenters. The number of aryl methyl sites for hydroxylation is 2. The predicted octanol–water partition coefficient (Wildman–Crippen LogP) is 4.27. The van der Waals surface area contributed by atoms with E-state index in [9.17, 15) is 4.79 Å². The first kappa shape index (κ1) is 24.8. The average molecular weight is 523 g/mol. The quantitative estimate of drug-likeness (QED) is 0.329. The number of fused-ring (bicyclic) bond motifs is 1. The van der Waals surface area contributed by atoms with Crippen molar-refractivity contribution in [3.63, 3.8) is 0 Å². The molecule has 6 rings (SSSR count). The Morgan fingerprint density at radius 1 is 1.08 bits per heavy atom. The lowest BCUT2D eigenvalue weighted by Crippen LogP contribution is -2.35. The van der Waals surface area contributed by atoms with Gasteiger partial charge in [-0.25, -0.2) is 9.50 Å². The topological polar surface area (TPSA) is 102 Å². The number of carbonyl (C=O) groups excluding carboxylic acids is 1. The molecule has 5 aromatic rings. The number of hydrogen-bond donors (Lipinski definition) is 2. The molecule has 39 heavy (non-hydrogen) atoms. The van der Waals surface area contributed by atoms with Gasteiger partial charge in [-0.05, 0) is 60.5 Å². The third-order valence-electron chi connectivity index (χ3n) is 6.83. The molecule has 1 amide bonds. The minimum absolute atomic E-state index is 0.156. The van der Waals surface area contributed by atoms with Crippen LogP contribution in [0.15, 0.2) is 73.2 Å². The normalized spacial score (nSPS) is 14.0. The first-order valence-electron chi connectivity index (χ1n) is 12.9. The Hall–Kier alpha value is -4.54. The molecule has 0 saturated carbocycles. The van der Waals surface area contributed by atoms with E-state index in [0.29, 0.717) is 11.5 Å². The Morgan fingerprint density at radius 2 is 1.90 bits per heavy atom. The molecule has 2 aromatic carbocycles. The summed E-state index contributed by atoms with van der Waals surface area (Å²) in [7, 11) is 1.88. The van der Waals surface area contributed by atoms with Crippen molar-refractivity contribution in [1.82, 2.24) is 29.3 Å². The molecular weight excluding hydrogens is 492 g/mol. The molecule has 198 valence electrons. The summed E-state index contributed by atoms with van der Waals surface area (Å²) in [6, 6.07) is 17.4. The van der Waals surface area contributed by atoms with Crippen LogP contribution in [-0.4, -0.2) is 61.5 Å². The van der Waals surface area contributed by atoms with Gasteiger partial charge in [-0.1, -0.05) is 12.1 Å². The number of rotatable bonds is 7. The Bertz CT molecular complexity index is 1620. The van der Waals surface area contributed by atoms with E-state index in [1.807, 2.05) is 50.6 Å². The van der Waals surface area contributed by atoms with Gasteiger partial charge in [0.15, 0.2) is 0 Å². The molecule has 1 fully saturated rings. The molecule has 0 spiro atoms. The minimum Gasteiger partial charge on any atom is -0.379 e. The number of benzene rings is 2. The molecule has 0 aliphatic carbocycles. The highest BCUT2D eigenvalue weighted by molar-refractivity contribution is 6.04. The highest BCUT2D eigenvalue weighted by atomic mass is 16.5. The van der Waals surface area contributed by atoms with Gasteiger partial charge in [0, 0.05) is 61.6 Å². The molecule has 3 aromatic heterocycles. The summed E-state index contributed by atoms with van der Waals surface area (Å²) in [5.41, 5.74) is 6.94. The van der Waals surface area contributed by atoms with Crippen LogP contribution in [0.1, 0.15) is 21.5 Å². The average Bonchev–Trinajstić information content (AvgIpc) is 3.60. The zero-order valence-corrected chi connectivity index (χ0v) is 22.0. The number of aromatic nitrogens is 5. The summed E-state index contributed by atoms with van der Waals surface area (Å²) >= 11 is 0. The number of morpholine rings is 1. The lowest BCUT2D eigenvalue weighted by molar-refractivity contribution is 0.0342. The molecule has 10 heteroatoms. The van der Waals surface area contributed by atoms with E-state index < -0.39 is 0 Å². The largest absolute Gasteiger partial charge is 0.379 e. The predicted molar refractivity (Wildman–Crippen MR) is 150 cm³/mol. The summed E-state index contributed by atoms with van der Waals surface area (Å²) in [6.07, 6.45) is 5.59. The third kappa shape index (κ3) is 5.52. The third-order valence-corrected chi connectivity index (χ3v) is 6.83. The summed E-state index contributed by atoms with van der Waals surface area (Å²) in [5.74, 6) is 0.291. The second-order valence-corrected chi connectivity index (χ2v) is 9.72. The van der Waals surface area contributed by atoms with Crippen molar-refractivity contribution in [2.45, 2.75) is 13.5 Å². The number of hydrogen-bond acceptors (Lipinski definition) is 7. The lowest BCUT2D eigenvalue weighted by Gasteiger charge is -2.26. The summed E-state index contributed by atoms with van der Waals surface area (Å²) < 4.78 is 8.98. The van der Waals surface area contributed by atoms with Gasteiger partial charge in [-0.2, -0.15) is 5.10 Å². The molecule has 0 atom stereocenters. The van der Waals surface area contributed by atoms with Crippen molar-refractivity contribution in [1.29, 1.82) is 0 Å². The van der Waals surface area contributed by atoms with Crippen LogP contribution >= 0.6 is 0 Å². The van der Waals surface area contributed by atoms with Crippen molar-refractivity contribution in [3.05, 3.63) is 89.9 Å². The molecule has 1 saturated heterocycles. The Labute approximate surface area is 226 Å². The molecule has 2 N–H and O–H groups in total. The van der Waals surface area contributed by atoms with E-state index in [0.717, 1.165) is 66.6 Å². The van der Waals surface area contributed by atoms with Crippen LogP contribution in [0.4, 0.5) is 17.3 Å². The van der Waals surface area contributed by atoms with Gasteiger partial charge in [-0.3, -0.25) is 14.4 Å². The maximum atomic E-state index is 13.1. The molecule has 10 nitrogen and oxygen atoms in total. The summed E-state index contributed by atoms with van der Waals surface area (Å²) in [6.45, 7) is 6.21. The maximum Gasteiger partial charge on any atom is 0.255 e. The van der Waals surface area contributed by atoms with Crippen LogP contribution in [0.3, 0.4) is 0 Å². The van der Waals surface area contributed by atoms with E-state index in [2.05, 4.69) is 43.9 Å². The summed E-state index contributed by atoms with van der Waals surface area (Å²) in [4.78, 5) is 20.2. The lowest BCUT2D eigenvalue weighted by atomic mass is 10.1. The van der Waals surface area contributed by atoms with Crippen LogP contribution in [-0.2, 0) is 18.3 Å². The number of anilines is 3. The van der Waals surface area contributed by atoms with Gasteiger partial charge in [0.1, 0.15) is 5.69 Å². The highest BCUT2D eigenvalue weighted by Crippen LogP contribution is 2.25. The maximum absolute atomic E-state index is 13.1. The van der Waals surface area contributed by atoms with E-state index >= 15 is 0 Å². The van der Waals surface area contributed by atoms with Gasteiger partial charge in [0.05, 0.1) is 24.9 Å². The van der Waals surface area contributed by atoms with E-state index in [1.165, 1.54) is 5.56 Å². The fourth-order valence-electron chi connectivity index (χ4n) is 4.69.